The van der Waals surface area contributed by atoms with Crippen LogP contribution in [-0.4, -0.2) is 36.0 Å². The van der Waals surface area contributed by atoms with Gasteiger partial charge in [-0.3, -0.25) is 0 Å². The van der Waals surface area contributed by atoms with Crippen LogP contribution in [0.5, 0.6) is 0 Å². The molecule has 1 fully saturated rings. The van der Waals surface area contributed by atoms with E-state index in [9.17, 15) is 8.42 Å². The molecule has 1 aromatic heterocycles. The third kappa shape index (κ3) is 3.76. The van der Waals surface area contributed by atoms with Crippen LogP contribution in [-0.2, 0) is 10.0 Å². The normalized spacial score (nSPS) is 18.3. The van der Waals surface area contributed by atoms with Gasteiger partial charge >= 0.3 is 0 Å². The Hall–Kier alpha value is -2.03. The van der Waals surface area contributed by atoms with Crippen LogP contribution in [0.15, 0.2) is 62.4 Å². The molecule has 8 heteroatoms. The molecule has 3 aromatic rings. The van der Waals surface area contributed by atoms with E-state index in [0.717, 1.165) is 28.4 Å². The minimum atomic E-state index is -3.54. The zero-order valence-corrected chi connectivity index (χ0v) is 17.8. The molecule has 0 N–H and O–H groups in total. The standard InChI is InChI=1S/C20H20BrN3O3S/c1-14-8-10-16(11-9-14)28(25,26)24-12-4-5-15(13-24)20-22-19(23-27-20)17-6-2-3-7-18(17)21/h2-3,6-11,15H,4-5,12-13H2,1H3. The van der Waals surface area contributed by atoms with Crippen molar-refractivity contribution < 1.29 is 12.9 Å². The molecule has 0 saturated carbocycles. The molecule has 1 aliphatic rings. The van der Waals surface area contributed by atoms with Gasteiger partial charge in [-0.2, -0.15) is 9.29 Å². The molecule has 1 atom stereocenters. The van der Waals surface area contributed by atoms with Crippen molar-refractivity contribution in [1.29, 1.82) is 0 Å². The Kier molecular flexibility index (Phi) is 5.35. The van der Waals surface area contributed by atoms with Crippen molar-refractivity contribution in [2.75, 3.05) is 13.1 Å². The molecular formula is C20H20BrN3O3S. The number of sulfonamides is 1. The van der Waals surface area contributed by atoms with Gasteiger partial charge in [0.25, 0.3) is 0 Å². The number of aromatic nitrogens is 2. The van der Waals surface area contributed by atoms with E-state index in [0.29, 0.717) is 29.7 Å². The van der Waals surface area contributed by atoms with Crippen LogP contribution < -0.4 is 0 Å². The minimum absolute atomic E-state index is 0.113. The highest BCUT2D eigenvalue weighted by Gasteiger charge is 2.33. The molecule has 1 aliphatic heterocycles. The number of nitrogens with zero attached hydrogens (tertiary/aromatic N) is 3. The van der Waals surface area contributed by atoms with Gasteiger partial charge in [0.2, 0.25) is 21.7 Å². The second-order valence-corrected chi connectivity index (χ2v) is 9.74. The Morgan fingerprint density at radius 1 is 1.14 bits per heavy atom. The molecule has 1 saturated heterocycles. The van der Waals surface area contributed by atoms with Crippen molar-refractivity contribution in [1.82, 2.24) is 14.4 Å². The summed E-state index contributed by atoms with van der Waals surface area (Å²) in [5.41, 5.74) is 1.87. The summed E-state index contributed by atoms with van der Waals surface area (Å²) < 4.78 is 33.9. The van der Waals surface area contributed by atoms with E-state index >= 15 is 0 Å². The van der Waals surface area contributed by atoms with E-state index in [1.54, 1.807) is 12.1 Å². The third-order valence-electron chi connectivity index (χ3n) is 4.95. The first-order chi connectivity index (χ1) is 13.4. The van der Waals surface area contributed by atoms with E-state index in [-0.39, 0.29) is 5.92 Å². The number of benzene rings is 2. The van der Waals surface area contributed by atoms with Crippen LogP contribution in [0, 0.1) is 6.92 Å². The molecule has 0 radical (unpaired) electrons. The van der Waals surface area contributed by atoms with E-state index in [4.69, 9.17) is 4.52 Å². The van der Waals surface area contributed by atoms with Gasteiger partial charge in [-0.25, -0.2) is 8.42 Å². The molecule has 0 spiro atoms. The largest absolute Gasteiger partial charge is 0.339 e. The summed E-state index contributed by atoms with van der Waals surface area (Å²) in [5.74, 6) is 0.869. The summed E-state index contributed by atoms with van der Waals surface area (Å²) >= 11 is 3.50. The summed E-state index contributed by atoms with van der Waals surface area (Å²) in [6.45, 7) is 2.78. The van der Waals surface area contributed by atoms with E-state index in [1.165, 1.54) is 4.31 Å². The van der Waals surface area contributed by atoms with Crippen LogP contribution >= 0.6 is 15.9 Å². The summed E-state index contributed by atoms with van der Waals surface area (Å²) in [5, 5.41) is 4.09. The fourth-order valence-electron chi connectivity index (χ4n) is 3.37. The zero-order valence-electron chi connectivity index (χ0n) is 15.4. The Labute approximate surface area is 172 Å². The topological polar surface area (TPSA) is 76.3 Å². The van der Waals surface area contributed by atoms with Gasteiger partial charge < -0.3 is 4.52 Å². The second kappa shape index (κ2) is 7.77. The Morgan fingerprint density at radius 2 is 1.89 bits per heavy atom. The van der Waals surface area contributed by atoms with Gasteiger partial charge in [-0.05, 0) is 44.0 Å². The van der Waals surface area contributed by atoms with Crippen molar-refractivity contribution >= 4 is 26.0 Å². The summed E-state index contributed by atoms with van der Waals surface area (Å²) in [7, 11) is -3.54. The predicted molar refractivity (Wildman–Crippen MR) is 109 cm³/mol. The molecule has 0 amide bonds. The zero-order chi connectivity index (χ0) is 19.7. The van der Waals surface area contributed by atoms with Crippen LogP contribution in [0.4, 0.5) is 0 Å². The smallest absolute Gasteiger partial charge is 0.243 e. The van der Waals surface area contributed by atoms with Gasteiger partial charge in [0.15, 0.2) is 0 Å². The lowest BCUT2D eigenvalue weighted by Gasteiger charge is -2.30. The number of aryl methyl sites for hydroxylation is 1. The molecule has 2 aromatic carbocycles. The fourth-order valence-corrected chi connectivity index (χ4v) is 5.36. The first-order valence-electron chi connectivity index (χ1n) is 9.10. The lowest BCUT2D eigenvalue weighted by molar-refractivity contribution is 0.265. The highest BCUT2D eigenvalue weighted by Crippen LogP contribution is 2.32. The van der Waals surface area contributed by atoms with E-state index in [1.807, 2.05) is 43.3 Å². The first kappa shape index (κ1) is 19.3. The Morgan fingerprint density at radius 3 is 2.64 bits per heavy atom. The molecule has 146 valence electrons. The van der Waals surface area contributed by atoms with Gasteiger partial charge in [0, 0.05) is 23.1 Å². The average molecular weight is 462 g/mol. The fraction of sp³-hybridized carbons (Fsp3) is 0.300. The number of piperidine rings is 1. The van der Waals surface area contributed by atoms with E-state index in [2.05, 4.69) is 26.1 Å². The molecule has 28 heavy (non-hydrogen) atoms. The SMILES string of the molecule is Cc1ccc(S(=O)(=O)N2CCCC(c3nc(-c4ccccc4Br)no3)C2)cc1. The Bertz CT molecular complexity index is 1080. The van der Waals surface area contributed by atoms with Crippen LogP contribution in [0.1, 0.15) is 30.2 Å². The molecule has 6 nitrogen and oxygen atoms in total. The van der Waals surface area contributed by atoms with Crippen molar-refractivity contribution in [3.63, 3.8) is 0 Å². The van der Waals surface area contributed by atoms with Crippen molar-refractivity contribution in [2.45, 2.75) is 30.6 Å². The summed E-state index contributed by atoms with van der Waals surface area (Å²) in [4.78, 5) is 4.85. The molecule has 4 rings (SSSR count). The van der Waals surface area contributed by atoms with Crippen LogP contribution in [0.25, 0.3) is 11.4 Å². The van der Waals surface area contributed by atoms with Crippen molar-refractivity contribution in [3.8, 4) is 11.4 Å². The molecule has 2 heterocycles. The van der Waals surface area contributed by atoms with Crippen molar-refractivity contribution in [2.24, 2.45) is 0 Å². The van der Waals surface area contributed by atoms with Crippen LogP contribution in [0.2, 0.25) is 0 Å². The van der Waals surface area contributed by atoms with Gasteiger partial charge in [-0.15, -0.1) is 0 Å². The highest BCUT2D eigenvalue weighted by molar-refractivity contribution is 9.10. The Balaban J connectivity index is 1.56. The van der Waals surface area contributed by atoms with Gasteiger partial charge in [0.05, 0.1) is 10.8 Å². The molecule has 1 unspecified atom stereocenters. The lowest BCUT2D eigenvalue weighted by atomic mass is 10.00. The van der Waals surface area contributed by atoms with E-state index < -0.39 is 10.0 Å². The maximum Gasteiger partial charge on any atom is 0.243 e. The number of hydrogen-bond donors (Lipinski definition) is 0. The minimum Gasteiger partial charge on any atom is -0.339 e. The monoisotopic (exact) mass is 461 g/mol. The third-order valence-corrected chi connectivity index (χ3v) is 7.52. The maximum atomic E-state index is 13.0. The highest BCUT2D eigenvalue weighted by atomic mass is 79.9. The number of rotatable bonds is 4. The average Bonchev–Trinajstić information content (AvgIpc) is 3.19. The van der Waals surface area contributed by atoms with Crippen molar-refractivity contribution in [3.05, 3.63) is 64.5 Å². The van der Waals surface area contributed by atoms with Gasteiger partial charge in [-0.1, -0.05) is 50.9 Å². The molecule has 0 bridgehead atoms. The van der Waals surface area contributed by atoms with Gasteiger partial charge in [0.1, 0.15) is 0 Å². The van der Waals surface area contributed by atoms with Crippen LogP contribution in [0.3, 0.4) is 0 Å². The molecular weight excluding hydrogens is 442 g/mol. The summed E-state index contributed by atoms with van der Waals surface area (Å²) in [6, 6.07) is 14.6. The first-order valence-corrected chi connectivity index (χ1v) is 11.3. The predicted octanol–water partition coefficient (Wildman–Crippen LogP) is 4.38. The lowest BCUT2D eigenvalue weighted by Crippen LogP contribution is -2.39. The number of hydrogen-bond acceptors (Lipinski definition) is 5. The summed E-state index contributed by atoms with van der Waals surface area (Å²) in [6.07, 6.45) is 1.57. The maximum absolute atomic E-state index is 13.0. The number of halogens is 1. The second-order valence-electron chi connectivity index (χ2n) is 6.95. The quantitative estimate of drug-likeness (QED) is 0.576. The molecule has 0 aliphatic carbocycles.